The summed E-state index contributed by atoms with van der Waals surface area (Å²) in [5, 5.41) is 6.04. The van der Waals surface area contributed by atoms with Gasteiger partial charge in [-0.15, -0.1) is 0 Å². The lowest BCUT2D eigenvalue weighted by atomic mass is 9.91. The molecule has 0 fully saturated rings. The minimum absolute atomic E-state index is 0.307. The first-order valence-electron chi connectivity index (χ1n) is 10.2. The number of carbonyl (C=O) groups is 1. The maximum Gasteiger partial charge on any atom is 0.320 e. The van der Waals surface area contributed by atoms with Gasteiger partial charge in [0.2, 0.25) is 0 Å². The van der Waals surface area contributed by atoms with Crippen molar-refractivity contribution in [2.24, 2.45) is 0 Å². The molecule has 2 amide bonds. The third kappa shape index (κ3) is 3.33. The number of aromatic amines is 1. The summed E-state index contributed by atoms with van der Waals surface area (Å²) in [6.07, 6.45) is 0. The molecule has 3 aromatic carbocycles. The van der Waals surface area contributed by atoms with Crippen molar-refractivity contribution < 1.29 is 14.3 Å². The van der Waals surface area contributed by atoms with Crippen molar-refractivity contribution in [1.82, 2.24) is 20.6 Å². The number of nitrogens with one attached hydrogen (secondary N) is 3. The van der Waals surface area contributed by atoms with E-state index in [1.807, 2.05) is 72.8 Å². The number of hydrogen-bond acceptors (Lipinski definition) is 4. The first-order valence-corrected chi connectivity index (χ1v) is 10.2. The highest BCUT2D eigenvalue weighted by Crippen LogP contribution is 2.43. The van der Waals surface area contributed by atoms with E-state index >= 15 is 0 Å². The van der Waals surface area contributed by atoms with E-state index in [1.54, 1.807) is 14.2 Å². The van der Waals surface area contributed by atoms with Gasteiger partial charge >= 0.3 is 6.03 Å². The molecule has 0 saturated heterocycles. The number of urea groups is 1. The number of methoxy groups -OCH3 is 2. The van der Waals surface area contributed by atoms with Crippen LogP contribution in [0.4, 0.5) is 4.79 Å². The van der Waals surface area contributed by atoms with Crippen molar-refractivity contribution in [3.8, 4) is 11.5 Å². The molecule has 3 N–H and O–H groups in total. The summed E-state index contributed by atoms with van der Waals surface area (Å²) in [4.78, 5) is 21.0. The van der Waals surface area contributed by atoms with E-state index in [-0.39, 0.29) is 6.03 Å². The van der Waals surface area contributed by atoms with E-state index in [9.17, 15) is 4.79 Å². The van der Waals surface area contributed by atoms with Crippen molar-refractivity contribution in [2.45, 2.75) is 6.04 Å². The van der Waals surface area contributed by atoms with Gasteiger partial charge in [0.15, 0.2) is 11.5 Å². The van der Waals surface area contributed by atoms with E-state index in [0.29, 0.717) is 23.0 Å². The summed E-state index contributed by atoms with van der Waals surface area (Å²) in [6, 6.07) is 22.4. The molecule has 2 heterocycles. The molecule has 0 aliphatic carbocycles. The first kappa shape index (κ1) is 19.7. The average molecular weight is 426 g/mol. The number of aromatic nitrogens is 2. The van der Waals surface area contributed by atoms with Gasteiger partial charge in [0, 0.05) is 11.1 Å². The average Bonchev–Trinajstić information content (AvgIpc) is 3.27. The molecule has 5 rings (SSSR count). The first-order chi connectivity index (χ1) is 15.7. The number of benzene rings is 3. The summed E-state index contributed by atoms with van der Waals surface area (Å²) < 4.78 is 11.2. The van der Waals surface area contributed by atoms with Gasteiger partial charge in [-0.25, -0.2) is 9.78 Å². The number of nitrogens with zero attached hydrogens (tertiary/aromatic N) is 1. The summed E-state index contributed by atoms with van der Waals surface area (Å²) >= 11 is 0. The van der Waals surface area contributed by atoms with Crippen LogP contribution in [0.2, 0.25) is 0 Å². The maximum atomic E-state index is 12.8. The number of amides is 2. The second-order valence-electron chi connectivity index (χ2n) is 7.37. The largest absolute Gasteiger partial charge is 0.493 e. The van der Waals surface area contributed by atoms with Crippen LogP contribution >= 0.6 is 0 Å². The lowest BCUT2D eigenvalue weighted by Crippen LogP contribution is -2.43. The lowest BCUT2D eigenvalue weighted by molar-refractivity contribution is 0.241. The molecule has 0 spiro atoms. The molecule has 7 nitrogen and oxygen atoms in total. The van der Waals surface area contributed by atoms with Crippen molar-refractivity contribution in [2.75, 3.05) is 14.2 Å². The number of imidazole rings is 1. The molecule has 1 aliphatic rings. The fourth-order valence-corrected chi connectivity index (χ4v) is 4.11. The number of fused-ring (bicyclic) bond motifs is 1. The van der Waals surface area contributed by atoms with E-state index in [0.717, 1.165) is 27.7 Å². The molecular formula is C25H22N4O3. The lowest BCUT2D eigenvalue weighted by Gasteiger charge is -2.31. The van der Waals surface area contributed by atoms with Crippen LogP contribution < -0.4 is 20.1 Å². The molecule has 1 aromatic heterocycles. The number of ether oxygens (including phenoxy) is 2. The van der Waals surface area contributed by atoms with Crippen LogP contribution in [0.1, 0.15) is 23.0 Å². The van der Waals surface area contributed by atoms with Crippen molar-refractivity contribution in [3.05, 3.63) is 89.7 Å². The molecule has 160 valence electrons. The van der Waals surface area contributed by atoms with E-state index < -0.39 is 6.04 Å². The Labute approximate surface area is 185 Å². The molecule has 1 atom stereocenters. The highest BCUT2D eigenvalue weighted by atomic mass is 16.5. The fraction of sp³-hybridized carbons (Fsp3) is 0.120. The van der Waals surface area contributed by atoms with Crippen LogP contribution in [-0.4, -0.2) is 30.2 Å². The van der Waals surface area contributed by atoms with Gasteiger partial charge in [-0.1, -0.05) is 54.6 Å². The molecule has 7 heteroatoms. The van der Waals surface area contributed by atoms with Crippen LogP contribution in [0.3, 0.4) is 0 Å². The Morgan fingerprint density at radius 3 is 2.41 bits per heavy atom. The summed E-state index contributed by atoms with van der Waals surface area (Å²) in [7, 11) is 3.18. The predicted octanol–water partition coefficient (Wildman–Crippen LogP) is 4.50. The molecule has 0 unspecified atom stereocenters. The second-order valence-corrected chi connectivity index (χ2v) is 7.37. The Bertz CT molecular complexity index is 1290. The van der Waals surface area contributed by atoms with Crippen LogP contribution in [-0.2, 0) is 0 Å². The highest BCUT2D eigenvalue weighted by molar-refractivity contribution is 6.03. The van der Waals surface area contributed by atoms with E-state index in [2.05, 4.69) is 15.6 Å². The molecule has 0 bridgehead atoms. The predicted molar refractivity (Wildman–Crippen MR) is 123 cm³/mol. The maximum absolute atomic E-state index is 12.8. The fourth-order valence-electron chi connectivity index (χ4n) is 4.11. The highest BCUT2D eigenvalue weighted by Gasteiger charge is 2.34. The molecule has 1 aliphatic heterocycles. The Kier molecular flexibility index (Phi) is 4.99. The van der Waals surface area contributed by atoms with Crippen molar-refractivity contribution in [1.29, 1.82) is 0 Å². The quantitative estimate of drug-likeness (QED) is 0.438. The van der Waals surface area contributed by atoms with Gasteiger partial charge in [0.1, 0.15) is 5.82 Å². The van der Waals surface area contributed by atoms with Gasteiger partial charge < -0.3 is 25.1 Å². The van der Waals surface area contributed by atoms with Gasteiger partial charge in [0.25, 0.3) is 0 Å². The van der Waals surface area contributed by atoms with E-state index in [1.165, 1.54) is 0 Å². The van der Waals surface area contributed by atoms with E-state index in [4.69, 9.17) is 14.5 Å². The minimum atomic E-state index is -0.524. The SMILES string of the molecule is COc1cccc([C@H]2NC(=O)NC(c3ccccc3)=C2c2nc3ccccc3[nH]2)c1OC. The van der Waals surface area contributed by atoms with Crippen LogP contribution in [0.15, 0.2) is 72.8 Å². The number of H-pyrrole nitrogens is 1. The topological polar surface area (TPSA) is 88.3 Å². The molecular weight excluding hydrogens is 404 g/mol. The van der Waals surface area contributed by atoms with Crippen LogP contribution in [0.5, 0.6) is 11.5 Å². The number of para-hydroxylation sites is 3. The summed E-state index contributed by atoms with van der Waals surface area (Å²) in [5.41, 5.74) is 4.89. The minimum Gasteiger partial charge on any atom is -0.493 e. The molecule has 32 heavy (non-hydrogen) atoms. The third-order valence-corrected chi connectivity index (χ3v) is 5.52. The Morgan fingerprint density at radius 1 is 0.875 bits per heavy atom. The zero-order chi connectivity index (χ0) is 22.1. The standard InChI is InChI=1S/C25H22N4O3/c1-31-19-14-8-11-16(23(19)32-2)22-20(24-26-17-12-6-7-13-18(17)27-24)21(28-25(30)29-22)15-9-4-3-5-10-15/h3-14,22H,1-2H3,(H,26,27)(H2,28,29,30)/t22-/m1/s1. The molecule has 0 saturated carbocycles. The second kappa shape index (κ2) is 8.11. The molecule has 0 radical (unpaired) electrons. The zero-order valence-electron chi connectivity index (χ0n) is 17.7. The third-order valence-electron chi connectivity index (χ3n) is 5.52. The Hall–Kier alpha value is -4.26. The normalized spacial score (nSPS) is 15.9. The zero-order valence-corrected chi connectivity index (χ0v) is 17.7. The monoisotopic (exact) mass is 426 g/mol. The summed E-state index contributed by atoms with van der Waals surface area (Å²) in [6.45, 7) is 0. The molecule has 4 aromatic rings. The smallest absolute Gasteiger partial charge is 0.320 e. The van der Waals surface area contributed by atoms with Crippen LogP contribution in [0, 0.1) is 0 Å². The number of carbonyl (C=O) groups excluding carboxylic acids is 1. The van der Waals surface area contributed by atoms with Gasteiger partial charge in [0.05, 0.1) is 37.0 Å². The number of rotatable bonds is 5. The van der Waals surface area contributed by atoms with Crippen molar-refractivity contribution >= 4 is 28.3 Å². The van der Waals surface area contributed by atoms with Crippen LogP contribution in [0.25, 0.3) is 22.3 Å². The van der Waals surface area contributed by atoms with Crippen molar-refractivity contribution in [3.63, 3.8) is 0 Å². The van der Waals surface area contributed by atoms with Gasteiger partial charge in [-0.2, -0.15) is 0 Å². The number of hydrogen-bond donors (Lipinski definition) is 3. The summed E-state index contributed by atoms with van der Waals surface area (Å²) in [5.74, 6) is 1.80. The Morgan fingerprint density at radius 2 is 1.66 bits per heavy atom. The van der Waals surface area contributed by atoms with Gasteiger partial charge in [-0.05, 0) is 23.8 Å². The Balaban J connectivity index is 1.80. The van der Waals surface area contributed by atoms with Gasteiger partial charge in [-0.3, -0.25) is 0 Å².